The Hall–Kier alpha value is -2.93. The topological polar surface area (TPSA) is 98.5 Å². The largest absolute Gasteiger partial charge is 0.387 e. The molecule has 0 radical (unpaired) electrons. The molecule has 2 aromatic carbocycles. The molecule has 0 aromatic heterocycles. The Morgan fingerprint density at radius 3 is 2.77 bits per heavy atom. The van der Waals surface area contributed by atoms with Gasteiger partial charge in [0.25, 0.3) is 5.91 Å². The third kappa shape index (κ3) is 4.03. The van der Waals surface area contributed by atoms with E-state index in [1.54, 1.807) is 17.0 Å². The molecule has 0 unspecified atom stereocenters. The maximum absolute atomic E-state index is 13.5. The van der Waals surface area contributed by atoms with Crippen molar-refractivity contribution >= 4 is 5.91 Å². The second kappa shape index (κ2) is 8.44. The SMILES string of the molecule is [N-]=[N+]=NC[C@]1(O)CC[C@@H](C(=O)N2CCc3ccccc3[C@@H]2c2ccc(F)cc2)OC1. The third-order valence-corrected chi connectivity index (χ3v) is 5.88. The van der Waals surface area contributed by atoms with Crippen molar-refractivity contribution in [1.82, 2.24) is 4.90 Å². The summed E-state index contributed by atoms with van der Waals surface area (Å²) in [6, 6.07) is 13.9. The van der Waals surface area contributed by atoms with Crippen LogP contribution in [-0.4, -0.2) is 47.3 Å². The van der Waals surface area contributed by atoms with Gasteiger partial charge in [-0.1, -0.05) is 41.5 Å². The number of halogens is 1. The van der Waals surface area contributed by atoms with E-state index in [1.165, 1.54) is 17.7 Å². The Labute approximate surface area is 173 Å². The molecule has 3 atom stereocenters. The number of aliphatic hydroxyl groups is 1. The van der Waals surface area contributed by atoms with Gasteiger partial charge in [0.05, 0.1) is 24.8 Å². The van der Waals surface area contributed by atoms with Crippen LogP contribution in [-0.2, 0) is 16.0 Å². The van der Waals surface area contributed by atoms with Crippen LogP contribution in [0.25, 0.3) is 10.4 Å². The van der Waals surface area contributed by atoms with Crippen molar-refractivity contribution in [3.63, 3.8) is 0 Å². The average molecular weight is 410 g/mol. The number of carbonyl (C=O) groups is 1. The number of rotatable bonds is 4. The zero-order valence-electron chi connectivity index (χ0n) is 16.4. The van der Waals surface area contributed by atoms with Gasteiger partial charge in [0.2, 0.25) is 0 Å². The van der Waals surface area contributed by atoms with E-state index in [4.69, 9.17) is 10.3 Å². The van der Waals surface area contributed by atoms with Crippen molar-refractivity contribution in [2.24, 2.45) is 5.11 Å². The highest BCUT2D eigenvalue weighted by Crippen LogP contribution is 2.37. The molecule has 1 saturated heterocycles. The Bertz CT molecular complexity index is 967. The Morgan fingerprint density at radius 1 is 1.30 bits per heavy atom. The van der Waals surface area contributed by atoms with Crippen molar-refractivity contribution in [2.75, 3.05) is 19.7 Å². The summed E-state index contributed by atoms with van der Waals surface area (Å²) in [7, 11) is 0. The van der Waals surface area contributed by atoms with Crippen LogP contribution in [0.1, 0.15) is 35.6 Å². The maximum Gasteiger partial charge on any atom is 0.252 e. The summed E-state index contributed by atoms with van der Waals surface area (Å²) in [5, 5.41) is 13.9. The number of nitrogens with zero attached hydrogens (tertiary/aromatic N) is 4. The van der Waals surface area contributed by atoms with E-state index in [1.807, 2.05) is 18.2 Å². The maximum atomic E-state index is 13.5. The molecule has 0 bridgehead atoms. The Morgan fingerprint density at radius 2 is 2.07 bits per heavy atom. The molecular formula is C22H23FN4O3. The molecule has 1 amide bonds. The van der Waals surface area contributed by atoms with Crippen molar-refractivity contribution < 1.29 is 19.0 Å². The van der Waals surface area contributed by atoms with Crippen LogP contribution in [0.2, 0.25) is 0 Å². The number of amides is 1. The number of fused-ring (bicyclic) bond motifs is 1. The summed E-state index contributed by atoms with van der Waals surface area (Å²) in [6.07, 6.45) is 0.704. The molecule has 30 heavy (non-hydrogen) atoms. The van der Waals surface area contributed by atoms with Gasteiger partial charge in [-0.15, -0.1) is 0 Å². The minimum Gasteiger partial charge on any atom is -0.387 e. The summed E-state index contributed by atoms with van der Waals surface area (Å²) in [5.41, 5.74) is 10.3. The Balaban J connectivity index is 1.58. The molecule has 0 spiro atoms. The first-order valence-corrected chi connectivity index (χ1v) is 9.99. The smallest absolute Gasteiger partial charge is 0.252 e. The minimum absolute atomic E-state index is 0.0614. The summed E-state index contributed by atoms with van der Waals surface area (Å²) in [5.74, 6) is -0.472. The lowest BCUT2D eigenvalue weighted by Gasteiger charge is -2.41. The molecule has 4 rings (SSSR count). The lowest BCUT2D eigenvalue weighted by molar-refractivity contribution is -0.162. The van der Waals surface area contributed by atoms with Crippen molar-refractivity contribution in [3.8, 4) is 0 Å². The third-order valence-electron chi connectivity index (χ3n) is 5.88. The van der Waals surface area contributed by atoms with Crippen LogP contribution in [0.15, 0.2) is 53.6 Å². The Kier molecular flexibility index (Phi) is 5.72. The second-order valence-electron chi connectivity index (χ2n) is 7.89. The lowest BCUT2D eigenvalue weighted by Crippen LogP contribution is -2.51. The molecule has 8 heteroatoms. The summed E-state index contributed by atoms with van der Waals surface area (Å²) < 4.78 is 19.2. The van der Waals surface area contributed by atoms with E-state index < -0.39 is 11.7 Å². The van der Waals surface area contributed by atoms with E-state index >= 15 is 0 Å². The van der Waals surface area contributed by atoms with Crippen LogP contribution in [0.5, 0.6) is 0 Å². The second-order valence-corrected chi connectivity index (χ2v) is 7.89. The number of hydrogen-bond donors (Lipinski definition) is 1. The van der Waals surface area contributed by atoms with Gasteiger partial charge in [0.1, 0.15) is 11.9 Å². The monoisotopic (exact) mass is 410 g/mol. The van der Waals surface area contributed by atoms with Gasteiger partial charge in [-0.3, -0.25) is 4.79 Å². The molecule has 2 aliphatic heterocycles. The minimum atomic E-state index is -1.24. The molecule has 1 fully saturated rings. The zero-order valence-corrected chi connectivity index (χ0v) is 16.4. The fraction of sp³-hybridized carbons (Fsp3) is 0.409. The molecular weight excluding hydrogens is 387 g/mol. The van der Waals surface area contributed by atoms with Crippen LogP contribution < -0.4 is 0 Å². The zero-order chi connectivity index (χ0) is 21.1. The fourth-order valence-electron chi connectivity index (χ4n) is 4.29. The molecule has 2 aromatic rings. The summed E-state index contributed by atoms with van der Waals surface area (Å²) in [6.45, 7) is 0.383. The van der Waals surface area contributed by atoms with E-state index in [-0.39, 0.29) is 30.9 Å². The van der Waals surface area contributed by atoms with Crippen LogP contribution in [0.3, 0.4) is 0 Å². The van der Waals surface area contributed by atoms with Crippen molar-refractivity contribution in [2.45, 2.75) is 37.0 Å². The normalized spacial score (nSPS) is 25.9. The van der Waals surface area contributed by atoms with E-state index in [0.29, 0.717) is 19.4 Å². The molecule has 156 valence electrons. The van der Waals surface area contributed by atoms with Crippen LogP contribution in [0, 0.1) is 5.82 Å². The highest BCUT2D eigenvalue weighted by molar-refractivity contribution is 5.82. The molecule has 7 nitrogen and oxygen atoms in total. The van der Waals surface area contributed by atoms with Gasteiger partial charge in [0.15, 0.2) is 0 Å². The number of carbonyl (C=O) groups excluding carboxylic acids is 1. The number of azide groups is 1. The van der Waals surface area contributed by atoms with E-state index in [2.05, 4.69) is 16.1 Å². The lowest BCUT2D eigenvalue weighted by atomic mass is 9.87. The van der Waals surface area contributed by atoms with E-state index in [0.717, 1.165) is 17.5 Å². The van der Waals surface area contributed by atoms with Crippen LogP contribution >= 0.6 is 0 Å². The average Bonchev–Trinajstić information content (AvgIpc) is 2.78. The molecule has 0 aliphatic carbocycles. The molecule has 0 saturated carbocycles. The van der Waals surface area contributed by atoms with Crippen molar-refractivity contribution in [1.29, 1.82) is 0 Å². The number of ether oxygens (including phenoxy) is 1. The number of benzene rings is 2. The predicted octanol–water partition coefficient (Wildman–Crippen LogP) is 3.52. The van der Waals surface area contributed by atoms with Gasteiger partial charge >= 0.3 is 0 Å². The van der Waals surface area contributed by atoms with Gasteiger partial charge in [-0.2, -0.15) is 0 Å². The predicted molar refractivity (Wildman–Crippen MR) is 108 cm³/mol. The number of hydrogen-bond acceptors (Lipinski definition) is 4. The van der Waals surface area contributed by atoms with Gasteiger partial charge in [0, 0.05) is 11.5 Å². The van der Waals surface area contributed by atoms with Gasteiger partial charge < -0.3 is 14.7 Å². The van der Waals surface area contributed by atoms with Crippen LogP contribution in [0.4, 0.5) is 4.39 Å². The summed E-state index contributed by atoms with van der Waals surface area (Å²) >= 11 is 0. The van der Waals surface area contributed by atoms with Crippen molar-refractivity contribution in [3.05, 3.63) is 81.5 Å². The van der Waals surface area contributed by atoms with E-state index in [9.17, 15) is 14.3 Å². The fourth-order valence-corrected chi connectivity index (χ4v) is 4.29. The standard InChI is InChI=1S/C22H23FN4O3/c23-17-7-5-16(6-8-17)20-18-4-2-1-3-15(18)10-12-27(20)21(28)19-9-11-22(29,14-30-19)13-25-26-24/h1-8,19-20,29H,9-14H2/t19-,20-,22+/m0/s1. The van der Waals surface area contributed by atoms with Gasteiger partial charge in [-0.25, -0.2) is 4.39 Å². The molecule has 2 heterocycles. The molecule has 1 N–H and O–H groups in total. The highest BCUT2D eigenvalue weighted by atomic mass is 19.1. The molecule has 2 aliphatic rings. The first-order valence-electron chi connectivity index (χ1n) is 9.99. The quantitative estimate of drug-likeness (QED) is 0.474. The summed E-state index contributed by atoms with van der Waals surface area (Å²) in [4.78, 5) is 17.9. The first kappa shape index (κ1) is 20.3. The highest BCUT2D eigenvalue weighted by Gasteiger charge is 2.40. The first-order chi connectivity index (χ1) is 14.5. The van der Waals surface area contributed by atoms with Gasteiger partial charge in [-0.05, 0) is 53.6 Å².